The lowest BCUT2D eigenvalue weighted by Crippen LogP contribution is -2.28. The molecule has 0 radical (unpaired) electrons. The number of aromatic hydroxyl groups is 1. The molecule has 18 heavy (non-hydrogen) atoms. The molecule has 0 aliphatic heterocycles. The highest BCUT2D eigenvalue weighted by molar-refractivity contribution is 5.78. The highest BCUT2D eigenvalue weighted by atomic mass is 19.3. The first-order valence-electron chi connectivity index (χ1n) is 5.50. The summed E-state index contributed by atoms with van der Waals surface area (Å²) in [5.74, 6) is -5.18. The highest BCUT2D eigenvalue weighted by Crippen LogP contribution is 2.47. The van der Waals surface area contributed by atoms with E-state index < -0.39 is 29.3 Å². The molecule has 0 heterocycles. The van der Waals surface area contributed by atoms with Crippen molar-refractivity contribution in [2.75, 3.05) is 6.54 Å². The molecule has 0 aromatic heterocycles. The van der Waals surface area contributed by atoms with Crippen LogP contribution in [0.3, 0.4) is 0 Å². The maximum atomic E-state index is 13.0. The van der Waals surface area contributed by atoms with Gasteiger partial charge >= 0.3 is 0 Å². The summed E-state index contributed by atoms with van der Waals surface area (Å²) in [5, 5.41) is 11.3. The first-order chi connectivity index (χ1) is 8.38. The zero-order valence-electron chi connectivity index (χ0n) is 9.42. The molecule has 1 saturated carbocycles. The lowest BCUT2D eigenvalue weighted by atomic mass is 10.1. The Labute approximate surface area is 102 Å². The second kappa shape index (κ2) is 4.51. The van der Waals surface area contributed by atoms with Crippen LogP contribution in [0.1, 0.15) is 12.0 Å². The van der Waals surface area contributed by atoms with Gasteiger partial charge in [-0.2, -0.15) is 0 Å². The topological polar surface area (TPSA) is 49.3 Å². The quantitative estimate of drug-likeness (QED) is 0.866. The predicted molar refractivity (Wildman–Crippen MR) is 57.8 cm³/mol. The van der Waals surface area contributed by atoms with Crippen LogP contribution >= 0.6 is 0 Å². The number of hydrogen-bond donors (Lipinski definition) is 2. The summed E-state index contributed by atoms with van der Waals surface area (Å²) in [4.78, 5) is 11.4. The van der Waals surface area contributed by atoms with Crippen LogP contribution in [-0.4, -0.2) is 23.5 Å². The standard InChI is InChI=1S/C12H12F3NO2/c13-9-3-7(1-2-10(9)17)4-11(18)16-6-8-5-12(8,14)15/h1-3,8,17H,4-6H2,(H,16,18). The lowest BCUT2D eigenvalue weighted by Gasteiger charge is -2.05. The molecule has 1 amide bonds. The van der Waals surface area contributed by atoms with E-state index in [1.165, 1.54) is 6.07 Å². The highest BCUT2D eigenvalue weighted by Gasteiger charge is 2.56. The number of hydrogen-bond acceptors (Lipinski definition) is 2. The zero-order chi connectivity index (χ0) is 13.3. The van der Waals surface area contributed by atoms with Crippen molar-refractivity contribution >= 4 is 5.91 Å². The number of alkyl halides is 2. The van der Waals surface area contributed by atoms with Gasteiger partial charge in [-0.25, -0.2) is 13.2 Å². The van der Waals surface area contributed by atoms with Crippen molar-refractivity contribution in [3.05, 3.63) is 29.6 Å². The van der Waals surface area contributed by atoms with Gasteiger partial charge in [-0.05, 0) is 17.7 Å². The normalized spacial score (nSPS) is 20.5. The molecule has 3 nitrogen and oxygen atoms in total. The van der Waals surface area contributed by atoms with Crippen LogP contribution in [0.4, 0.5) is 13.2 Å². The van der Waals surface area contributed by atoms with E-state index in [0.29, 0.717) is 5.56 Å². The summed E-state index contributed by atoms with van der Waals surface area (Å²) in [7, 11) is 0. The molecule has 1 aliphatic carbocycles. The lowest BCUT2D eigenvalue weighted by molar-refractivity contribution is -0.120. The first-order valence-corrected chi connectivity index (χ1v) is 5.50. The Bertz CT molecular complexity index is 476. The minimum absolute atomic E-state index is 0.0631. The van der Waals surface area contributed by atoms with Gasteiger partial charge in [0.1, 0.15) is 0 Å². The summed E-state index contributed by atoms with van der Waals surface area (Å²) < 4.78 is 38.1. The van der Waals surface area contributed by atoms with Crippen molar-refractivity contribution in [3.63, 3.8) is 0 Å². The van der Waals surface area contributed by atoms with E-state index in [1.807, 2.05) is 0 Å². The Kier molecular flexibility index (Phi) is 3.19. The van der Waals surface area contributed by atoms with Gasteiger partial charge in [0, 0.05) is 18.9 Å². The Balaban J connectivity index is 1.82. The molecule has 2 N–H and O–H groups in total. The van der Waals surface area contributed by atoms with Gasteiger partial charge in [0.05, 0.1) is 6.42 Å². The van der Waals surface area contributed by atoms with E-state index in [-0.39, 0.29) is 19.4 Å². The third-order valence-electron chi connectivity index (χ3n) is 2.88. The van der Waals surface area contributed by atoms with Crippen LogP contribution < -0.4 is 5.32 Å². The molecule has 1 aromatic carbocycles. The van der Waals surface area contributed by atoms with E-state index in [1.54, 1.807) is 0 Å². The minimum Gasteiger partial charge on any atom is -0.505 e. The SMILES string of the molecule is O=C(Cc1ccc(O)c(F)c1)NCC1CC1(F)F. The smallest absolute Gasteiger partial charge is 0.253 e. The Morgan fingerprint density at radius 3 is 2.72 bits per heavy atom. The molecular formula is C12H12F3NO2. The van der Waals surface area contributed by atoms with Crippen LogP contribution in [0.5, 0.6) is 5.75 Å². The third-order valence-corrected chi connectivity index (χ3v) is 2.88. The van der Waals surface area contributed by atoms with Gasteiger partial charge in [-0.1, -0.05) is 6.07 Å². The fraction of sp³-hybridized carbons (Fsp3) is 0.417. The number of benzene rings is 1. The molecular weight excluding hydrogens is 247 g/mol. The van der Waals surface area contributed by atoms with Crippen molar-refractivity contribution < 1.29 is 23.1 Å². The third kappa shape index (κ3) is 2.94. The van der Waals surface area contributed by atoms with E-state index in [2.05, 4.69) is 5.32 Å². The number of nitrogens with one attached hydrogen (secondary N) is 1. The number of phenolic OH excluding ortho intramolecular Hbond substituents is 1. The summed E-state index contributed by atoms with van der Waals surface area (Å²) in [6.45, 7) is -0.0631. The van der Waals surface area contributed by atoms with Gasteiger partial charge in [0.25, 0.3) is 5.92 Å². The number of phenols is 1. The molecule has 1 aromatic rings. The number of carbonyl (C=O) groups is 1. The molecule has 0 spiro atoms. The molecule has 98 valence electrons. The van der Waals surface area contributed by atoms with Crippen LogP contribution in [0.2, 0.25) is 0 Å². The van der Waals surface area contributed by atoms with Crippen molar-refractivity contribution in [2.45, 2.75) is 18.8 Å². The predicted octanol–water partition coefficient (Wildman–Crippen LogP) is 1.85. The molecule has 0 bridgehead atoms. The number of halogens is 3. The van der Waals surface area contributed by atoms with Gasteiger partial charge in [0.2, 0.25) is 5.91 Å². The Morgan fingerprint density at radius 2 is 2.17 bits per heavy atom. The maximum absolute atomic E-state index is 13.0. The van der Waals surface area contributed by atoms with Crippen molar-refractivity contribution in [1.29, 1.82) is 0 Å². The van der Waals surface area contributed by atoms with Gasteiger partial charge in [-0.3, -0.25) is 4.79 Å². The molecule has 1 fully saturated rings. The largest absolute Gasteiger partial charge is 0.505 e. The second-order valence-corrected chi connectivity index (χ2v) is 4.43. The summed E-state index contributed by atoms with van der Waals surface area (Å²) >= 11 is 0. The molecule has 1 atom stereocenters. The Morgan fingerprint density at radius 1 is 1.50 bits per heavy atom. The fourth-order valence-corrected chi connectivity index (χ4v) is 1.64. The molecule has 2 rings (SSSR count). The van der Waals surface area contributed by atoms with Gasteiger partial charge in [0.15, 0.2) is 11.6 Å². The zero-order valence-corrected chi connectivity index (χ0v) is 9.42. The average molecular weight is 259 g/mol. The molecule has 6 heteroatoms. The molecule has 0 saturated heterocycles. The van der Waals surface area contributed by atoms with E-state index >= 15 is 0 Å². The van der Waals surface area contributed by atoms with E-state index in [4.69, 9.17) is 5.11 Å². The minimum atomic E-state index is -2.65. The van der Waals surface area contributed by atoms with E-state index in [0.717, 1.165) is 12.1 Å². The van der Waals surface area contributed by atoms with Crippen molar-refractivity contribution in [2.24, 2.45) is 5.92 Å². The fourth-order valence-electron chi connectivity index (χ4n) is 1.64. The number of amides is 1. The molecule has 1 aliphatic rings. The second-order valence-electron chi connectivity index (χ2n) is 4.43. The van der Waals surface area contributed by atoms with E-state index in [9.17, 15) is 18.0 Å². The van der Waals surface area contributed by atoms with Crippen LogP contribution in [0, 0.1) is 11.7 Å². The van der Waals surface area contributed by atoms with Gasteiger partial charge in [-0.15, -0.1) is 0 Å². The summed E-state index contributed by atoms with van der Waals surface area (Å²) in [6.07, 6.45) is -0.295. The maximum Gasteiger partial charge on any atom is 0.253 e. The number of carbonyl (C=O) groups excluding carboxylic acids is 1. The van der Waals surface area contributed by atoms with Gasteiger partial charge < -0.3 is 10.4 Å². The Hall–Kier alpha value is -1.72. The van der Waals surface area contributed by atoms with Crippen LogP contribution in [0.15, 0.2) is 18.2 Å². The van der Waals surface area contributed by atoms with Crippen LogP contribution in [0.25, 0.3) is 0 Å². The average Bonchev–Trinajstić information content (AvgIpc) is 2.89. The summed E-state index contributed by atoms with van der Waals surface area (Å²) in [5.41, 5.74) is 0.380. The van der Waals surface area contributed by atoms with Crippen molar-refractivity contribution in [1.82, 2.24) is 5.32 Å². The van der Waals surface area contributed by atoms with Crippen LogP contribution in [-0.2, 0) is 11.2 Å². The summed E-state index contributed by atoms with van der Waals surface area (Å²) in [6, 6.07) is 3.59. The first kappa shape index (κ1) is 12.7. The van der Waals surface area contributed by atoms with Crippen molar-refractivity contribution in [3.8, 4) is 5.75 Å². The number of rotatable bonds is 4. The monoisotopic (exact) mass is 259 g/mol. The molecule has 1 unspecified atom stereocenters.